The number of carbonyl (C=O) groups excluding carboxylic acids is 1. The van der Waals surface area contributed by atoms with Crippen molar-refractivity contribution in [2.45, 2.75) is 39.5 Å². The van der Waals surface area contributed by atoms with Gasteiger partial charge in [-0.3, -0.25) is 4.79 Å². The van der Waals surface area contributed by atoms with Gasteiger partial charge >= 0.3 is 0 Å². The van der Waals surface area contributed by atoms with Gasteiger partial charge in [0.1, 0.15) is 0 Å². The van der Waals surface area contributed by atoms with Gasteiger partial charge < -0.3 is 0 Å². The molecule has 0 saturated heterocycles. The molecule has 0 unspecified atom stereocenters. The Balaban J connectivity index is 3.20. The van der Waals surface area contributed by atoms with Crippen LogP contribution in [0.5, 0.6) is 0 Å². The van der Waals surface area contributed by atoms with Crippen molar-refractivity contribution in [3.63, 3.8) is 0 Å². The fourth-order valence-corrected chi connectivity index (χ4v) is 1.51. The average molecular weight is 189 g/mol. The molecule has 1 aromatic rings. The van der Waals surface area contributed by atoms with E-state index >= 15 is 0 Å². The number of hydrogen-bond acceptors (Lipinski definition) is 1. The van der Waals surface area contributed by atoms with Gasteiger partial charge in [0.05, 0.1) is 0 Å². The lowest BCUT2D eigenvalue weighted by Gasteiger charge is -2.12. The lowest BCUT2D eigenvalue weighted by Crippen LogP contribution is -1.98. The maximum absolute atomic E-state index is 10.7. The highest BCUT2D eigenvalue weighted by Gasteiger charge is 2.09. The predicted octanol–water partition coefficient (Wildman–Crippen LogP) is 3.39. The van der Waals surface area contributed by atoms with Crippen molar-refractivity contribution in [2.24, 2.45) is 0 Å². The zero-order chi connectivity index (χ0) is 10.7. The van der Waals surface area contributed by atoms with Crippen molar-refractivity contribution < 1.29 is 4.79 Å². The third kappa shape index (κ3) is 2.22. The molecule has 1 rings (SSSR count). The van der Waals surface area contributed by atoms with Crippen LogP contribution in [0.25, 0.3) is 0 Å². The van der Waals surface area contributed by atoms with Gasteiger partial charge in [-0.15, -0.1) is 0 Å². The molecule has 14 heavy (non-hydrogen) atoms. The molecule has 0 saturated carbocycles. The van der Waals surface area contributed by atoms with Crippen LogP contribution >= 0.6 is 0 Å². The van der Waals surface area contributed by atoms with Crippen LogP contribution in [-0.4, -0.2) is 6.29 Å². The molecule has 0 atom stereocenters. The molecule has 1 radical (unpaired) electrons. The molecule has 0 fully saturated rings. The van der Waals surface area contributed by atoms with E-state index in [1.54, 1.807) is 0 Å². The van der Waals surface area contributed by atoms with E-state index in [0.29, 0.717) is 17.4 Å². The highest BCUT2D eigenvalue weighted by molar-refractivity contribution is 5.78. The first-order chi connectivity index (χ1) is 6.56. The summed E-state index contributed by atoms with van der Waals surface area (Å²) < 4.78 is 0. The summed E-state index contributed by atoms with van der Waals surface area (Å²) in [5.74, 6) is 0.887. The summed E-state index contributed by atoms with van der Waals surface area (Å²) in [7, 11) is 0. The first kappa shape index (κ1) is 11.0. The third-order valence-corrected chi connectivity index (χ3v) is 2.47. The predicted molar refractivity (Wildman–Crippen MR) is 59.4 cm³/mol. The summed E-state index contributed by atoms with van der Waals surface area (Å²) in [4.78, 5) is 10.7. The second kappa shape index (κ2) is 4.41. The minimum absolute atomic E-state index is 0.380. The Morgan fingerprint density at radius 1 is 1.07 bits per heavy atom. The van der Waals surface area contributed by atoms with Crippen LogP contribution in [0.2, 0.25) is 0 Å². The Hall–Kier alpha value is -1.11. The Morgan fingerprint density at radius 2 is 1.71 bits per heavy atom. The Bertz CT molecular complexity index is 324. The van der Waals surface area contributed by atoms with E-state index in [1.807, 2.05) is 18.4 Å². The van der Waals surface area contributed by atoms with Crippen molar-refractivity contribution in [2.75, 3.05) is 0 Å². The normalized spacial score (nSPS) is 11.0. The van der Waals surface area contributed by atoms with Crippen LogP contribution in [0.1, 0.15) is 56.2 Å². The second-order valence-corrected chi connectivity index (χ2v) is 4.26. The summed E-state index contributed by atoms with van der Waals surface area (Å²) in [5.41, 5.74) is 3.09. The summed E-state index contributed by atoms with van der Waals surface area (Å²) in [5, 5.41) is 0. The van der Waals surface area contributed by atoms with Crippen molar-refractivity contribution in [1.82, 2.24) is 0 Å². The fourth-order valence-electron chi connectivity index (χ4n) is 1.51. The van der Waals surface area contributed by atoms with Gasteiger partial charge in [-0.1, -0.05) is 45.9 Å². The van der Waals surface area contributed by atoms with Gasteiger partial charge in [0.2, 0.25) is 6.29 Å². The number of hydrogen-bond donors (Lipinski definition) is 0. The molecule has 75 valence electrons. The summed E-state index contributed by atoms with van der Waals surface area (Å²) in [6.45, 7) is 8.51. The van der Waals surface area contributed by atoms with Crippen LogP contribution in [-0.2, 0) is 4.79 Å². The summed E-state index contributed by atoms with van der Waals surface area (Å²) in [6.07, 6.45) is 1.99. The molecule has 0 aromatic heterocycles. The van der Waals surface area contributed by atoms with Crippen LogP contribution in [0.4, 0.5) is 0 Å². The van der Waals surface area contributed by atoms with Gasteiger partial charge in [0.25, 0.3) is 0 Å². The Morgan fingerprint density at radius 3 is 2.14 bits per heavy atom. The van der Waals surface area contributed by atoms with Crippen LogP contribution in [0.3, 0.4) is 0 Å². The van der Waals surface area contributed by atoms with Crippen LogP contribution < -0.4 is 0 Å². The second-order valence-electron chi connectivity index (χ2n) is 4.26. The highest BCUT2D eigenvalue weighted by Crippen LogP contribution is 2.23. The van der Waals surface area contributed by atoms with E-state index in [0.717, 1.165) is 5.56 Å². The lowest BCUT2D eigenvalue weighted by molar-refractivity contribution is 0.562. The molecule has 0 bridgehead atoms. The average Bonchev–Trinajstić information content (AvgIpc) is 2.16. The molecule has 0 N–H and O–H groups in total. The summed E-state index contributed by atoms with van der Waals surface area (Å²) >= 11 is 0. The van der Waals surface area contributed by atoms with E-state index in [-0.39, 0.29) is 0 Å². The molecule has 0 heterocycles. The van der Waals surface area contributed by atoms with Crippen molar-refractivity contribution >= 4 is 6.29 Å². The topological polar surface area (TPSA) is 17.1 Å². The first-order valence-electron chi connectivity index (χ1n) is 5.08. The van der Waals surface area contributed by atoms with Gasteiger partial charge in [0.15, 0.2) is 0 Å². The fraction of sp³-hybridized carbons (Fsp3) is 0.462. The first-order valence-corrected chi connectivity index (χ1v) is 5.08. The van der Waals surface area contributed by atoms with E-state index in [9.17, 15) is 4.79 Å². The van der Waals surface area contributed by atoms with E-state index < -0.39 is 0 Å². The summed E-state index contributed by atoms with van der Waals surface area (Å²) in [6, 6.07) is 6.00. The smallest absolute Gasteiger partial charge is 0.233 e. The molecule has 1 heteroatoms. The van der Waals surface area contributed by atoms with Gasteiger partial charge in [-0.05, 0) is 23.0 Å². The number of rotatable bonds is 3. The zero-order valence-electron chi connectivity index (χ0n) is 9.29. The minimum atomic E-state index is 0.380. The Labute approximate surface area is 86.1 Å². The molecule has 1 aromatic carbocycles. The monoisotopic (exact) mass is 189 g/mol. The SMILES string of the molecule is CC(C)c1ccc([C]=O)c(C(C)C)c1. The molecule has 1 nitrogen and oxygen atoms in total. The van der Waals surface area contributed by atoms with Crippen molar-refractivity contribution in [1.29, 1.82) is 0 Å². The standard InChI is InChI=1S/C13H17O/c1-9(2)11-5-6-12(8-14)13(7-11)10(3)4/h5-7,9-10H,1-4H3. The van der Waals surface area contributed by atoms with E-state index in [4.69, 9.17) is 0 Å². The quantitative estimate of drug-likeness (QED) is 0.712. The lowest BCUT2D eigenvalue weighted by atomic mass is 9.92. The number of benzene rings is 1. The van der Waals surface area contributed by atoms with Gasteiger partial charge in [0, 0.05) is 5.56 Å². The molecule has 0 amide bonds. The highest BCUT2D eigenvalue weighted by atomic mass is 16.1. The maximum atomic E-state index is 10.7. The van der Waals surface area contributed by atoms with Gasteiger partial charge in [-0.2, -0.15) is 0 Å². The van der Waals surface area contributed by atoms with E-state index in [2.05, 4.69) is 33.8 Å². The molecule has 0 aliphatic carbocycles. The minimum Gasteiger partial charge on any atom is -0.285 e. The maximum Gasteiger partial charge on any atom is 0.233 e. The molecular formula is C13H17O. The Kier molecular flexibility index (Phi) is 3.45. The molecule has 0 spiro atoms. The van der Waals surface area contributed by atoms with Gasteiger partial charge in [-0.25, -0.2) is 0 Å². The largest absolute Gasteiger partial charge is 0.285 e. The van der Waals surface area contributed by atoms with Crippen molar-refractivity contribution in [3.05, 3.63) is 34.9 Å². The van der Waals surface area contributed by atoms with Crippen molar-refractivity contribution in [3.8, 4) is 0 Å². The third-order valence-electron chi connectivity index (χ3n) is 2.47. The molecular weight excluding hydrogens is 172 g/mol. The van der Waals surface area contributed by atoms with Crippen LogP contribution in [0, 0.1) is 0 Å². The van der Waals surface area contributed by atoms with E-state index in [1.165, 1.54) is 5.56 Å². The molecule has 0 aliphatic heterocycles. The zero-order valence-corrected chi connectivity index (χ0v) is 9.29. The van der Waals surface area contributed by atoms with Crippen LogP contribution in [0.15, 0.2) is 18.2 Å². The molecule has 0 aliphatic rings.